The van der Waals surface area contributed by atoms with Gasteiger partial charge in [-0.2, -0.15) is 0 Å². The van der Waals surface area contributed by atoms with E-state index in [1.165, 1.54) is 16.7 Å². The first kappa shape index (κ1) is 15.1. The number of nitrogens with one attached hydrogen (secondary N) is 1. The van der Waals surface area contributed by atoms with E-state index in [2.05, 4.69) is 48.6 Å². The SMILES string of the molecule is CNCC(Cc1cccc(C)c1)Cc1ccccc1Cl. The van der Waals surface area contributed by atoms with Crippen LogP contribution in [-0.4, -0.2) is 13.6 Å². The van der Waals surface area contributed by atoms with Gasteiger partial charge in [0.25, 0.3) is 0 Å². The van der Waals surface area contributed by atoms with Crippen LogP contribution in [-0.2, 0) is 12.8 Å². The molecule has 0 heterocycles. The average molecular weight is 288 g/mol. The molecule has 0 aliphatic rings. The van der Waals surface area contributed by atoms with E-state index >= 15 is 0 Å². The quantitative estimate of drug-likeness (QED) is 0.837. The predicted octanol–water partition coefficient (Wildman–Crippen LogP) is 4.27. The van der Waals surface area contributed by atoms with Gasteiger partial charge in [0.1, 0.15) is 0 Å². The van der Waals surface area contributed by atoms with Crippen LogP contribution in [0.4, 0.5) is 0 Å². The van der Waals surface area contributed by atoms with Crippen LogP contribution in [0, 0.1) is 12.8 Å². The molecule has 2 aromatic rings. The summed E-state index contributed by atoms with van der Waals surface area (Å²) in [5.41, 5.74) is 3.96. The van der Waals surface area contributed by atoms with E-state index in [1.54, 1.807) is 0 Å². The highest BCUT2D eigenvalue weighted by Crippen LogP contribution is 2.21. The van der Waals surface area contributed by atoms with Gasteiger partial charge in [0.2, 0.25) is 0 Å². The molecule has 1 nitrogen and oxygen atoms in total. The third-order valence-electron chi connectivity index (χ3n) is 3.57. The molecule has 0 fully saturated rings. The van der Waals surface area contributed by atoms with E-state index in [1.807, 2.05) is 19.2 Å². The normalized spacial score (nSPS) is 12.3. The zero-order valence-corrected chi connectivity index (χ0v) is 13.0. The molecule has 0 aliphatic carbocycles. The fourth-order valence-electron chi connectivity index (χ4n) is 2.65. The zero-order chi connectivity index (χ0) is 14.4. The van der Waals surface area contributed by atoms with E-state index in [9.17, 15) is 0 Å². The number of aryl methyl sites for hydroxylation is 1. The topological polar surface area (TPSA) is 12.0 Å². The Balaban J connectivity index is 2.09. The van der Waals surface area contributed by atoms with Crippen LogP contribution in [0.25, 0.3) is 0 Å². The third-order valence-corrected chi connectivity index (χ3v) is 3.93. The van der Waals surface area contributed by atoms with Crippen LogP contribution >= 0.6 is 11.6 Å². The molecule has 0 saturated carbocycles. The van der Waals surface area contributed by atoms with E-state index in [0.29, 0.717) is 5.92 Å². The van der Waals surface area contributed by atoms with E-state index in [4.69, 9.17) is 11.6 Å². The summed E-state index contributed by atoms with van der Waals surface area (Å²) in [6.07, 6.45) is 2.09. The van der Waals surface area contributed by atoms with Gasteiger partial charge in [-0.05, 0) is 56.5 Å². The Labute approximate surface area is 127 Å². The molecule has 0 amide bonds. The van der Waals surface area contributed by atoms with Crippen LogP contribution < -0.4 is 5.32 Å². The van der Waals surface area contributed by atoms with Gasteiger partial charge in [0, 0.05) is 5.02 Å². The second-order valence-electron chi connectivity index (χ2n) is 5.41. The summed E-state index contributed by atoms with van der Waals surface area (Å²) in [6.45, 7) is 3.14. The Bertz CT molecular complexity index is 551. The van der Waals surface area contributed by atoms with Crippen molar-refractivity contribution in [1.29, 1.82) is 0 Å². The lowest BCUT2D eigenvalue weighted by molar-refractivity contribution is 0.493. The van der Waals surface area contributed by atoms with Gasteiger partial charge in [0.15, 0.2) is 0 Å². The highest BCUT2D eigenvalue weighted by atomic mass is 35.5. The van der Waals surface area contributed by atoms with Crippen molar-refractivity contribution < 1.29 is 0 Å². The minimum Gasteiger partial charge on any atom is -0.319 e. The second-order valence-corrected chi connectivity index (χ2v) is 5.82. The molecule has 1 N–H and O–H groups in total. The molecule has 20 heavy (non-hydrogen) atoms. The maximum atomic E-state index is 6.28. The number of hydrogen-bond acceptors (Lipinski definition) is 1. The Kier molecular flexibility index (Phi) is 5.63. The van der Waals surface area contributed by atoms with Crippen molar-refractivity contribution in [2.45, 2.75) is 19.8 Å². The Hall–Kier alpha value is -1.31. The molecule has 2 heteroatoms. The molecular weight excluding hydrogens is 266 g/mol. The molecule has 106 valence electrons. The van der Waals surface area contributed by atoms with Crippen molar-refractivity contribution in [2.24, 2.45) is 5.92 Å². The number of halogens is 1. The number of rotatable bonds is 6. The van der Waals surface area contributed by atoms with Crippen molar-refractivity contribution in [2.75, 3.05) is 13.6 Å². The minimum absolute atomic E-state index is 0.557. The molecular formula is C18H22ClN. The molecule has 1 unspecified atom stereocenters. The highest BCUT2D eigenvalue weighted by molar-refractivity contribution is 6.31. The van der Waals surface area contributed by atoms with Gasteiger partial charge in [-0.1, -0.05) is 59.6 Å². The van der Waals surface area contributed by atoms with Gasteiger partial charge >= 0.3 is 0 Å². The third kappa shape index (κ3) is 4.36. The first-order valence-corrected chi connectivity index (χ1v) is 7.50. The van der Waals surface area contributed by atoms with Crippen LogP contribution in [0.2, 0.25) is 5.02 Å². The van der Waals surface area contributed by atoms with Crippen molar-refractivity contribution >= 4 is 11.6 Å². The largest absolute Gasteiger partial charge is 0.319 e. The molecule has 0 bridgehead atoms. The first-order valence-electron chi connectivity index (χ1n) is 7.12. The smallest absolute Gasteiger partial charge is 0.0438 e. The molecule has 0 spiro atoms. The van der Waals surface area contributed by atoms with E-state index in [0.717, 1.165) is 24.4 Å². The molecule has 0 aliphatic heterocycles. The Morgan fingerprint density at radius 1 is 1.05 bits per heavy atom. The molecule has 2 rings (SSSR count). The maximum Gasteiger partial charge on any atom is 0.0438 e. The summed E-state index contributed by atoms with van der Waals surface area (Å²) < 4.78 is 0. The van der Waals surface area contributed by atoms with Gasteiger partial charge < -0.3 is 5.32 Å². The fourth-order valence-corrected chi connectivity index (χ4v) is 2.87. The number of benzene rings is 2. The van der Waals surface area contributed by atoms with Gasteiger partial charge in [-0.15, -0.1) is 0 Å². The molecule has 0 saturated heterocycles. The lowest BCUT2D eigenvalue weighted by Crippen LogP contribution is -2.23. The summed E-state index contributed by atoms with van der Waals surface area (Å²) in [7, 11) is 2.01. The second kappa shape index (κ2) is 7.47. The summed E-state index contributed by atoms with van der Waals surface area (Å²) in [4.78, 5) is 0. The standard InChI is InChI=1S/C18H22ClN/c1-14-6-5-7-15(10-14)11-16(13-20-2)12-17-8-3-4-9-18(17)19/h3-10,16,20H,11-13H2,1-2H3. The molecule has 0 aromatic heterocycles. The van der Waals surface area contributed by atoms with Crippen molar-refractivity contribution in [3.8, 4) is 0 Å². The van der Waals surface area contributed by atoms with Gasteiger partial charge in [-0.3, -0.25) is 0 Å². The van der Waals surface area contributed by atoms with Gasteiger partial charge in [0.05, 0.1) is 0 Å². The zero-order valence-electron chi connectivity index (χ0n) is 12.2. The maximum absolute atomic E-state index is 6.28. The van der Waals surface area contributed by atoms with Crippen LogP contribution in [0.3, 0.4) is 0 Å². The van der Waals surface area contributed by atoms with Crippen molar-refractivity contribution in [1.82, 2.24) is 5.32 Å². The van der Waals surface area contributed by atoms with E-state index < -0.39 is 0 Å². The van der Waals surface area contributed by atoms with Crippen molar-refractivity contribution in [3.63, 3.8) is 0 Å². The summed E-state index contributed by atoms with van der Waals surface area (Å²) >= 11 is 6.28. The fraction of sp³-hybridized carbons (Fsp3) is 0.333. The number of hydrogen-bond donors (Lipinski definition) is 1. The molecule has 0 radical (unpaired) electrons. The van der Waals surface area contributed by atoms with Crippen LogP contribution in [0.1, 0.15) is 16.7 Å². The summed E-state index contributed by atoms with van der Waals surface area (Å²) in [5.74, 6) is 0.557. The molecule has 1 atom stereocenters. The lowest BCUT2D eigenvalue weighted by Gasteiger charge is -2.18. The van der Waals surface area contributed by atoms with Crippen LogP contribution in [0.5, 0.6) is 0 Å². The highest BCUT2D eigenvalue weighted by Gasteiger charge is 2.12. The van der Waals surface area contributed by atoms with Crippen molar-refractivity contribution in [3.05, 3.63) is 70.2 Å². The lowest BCUT2D eigenvalue weighted by atomic mass is 9.92. The molecule has 2 aromatic carbocycles. The Morgan fingerprint density at radius 3 is 2.55 bits per heavy atom. The monoisotopic (exact) mass is 287 g/mol. The summed E-state index contributed by atoms with van der Waals surface area (Å²) in [5, 5.41) is 4.17. The van der Waals surface area contributed by atoms with E-state index in [-0.39, 0.29) is 0 Å². The van der Waals surface area contributed by atoms with Gasteiger partial charge in [-0.25, -0.2) is 0 Å². The van der Waals surface area contributed by atoms with Crippen LogP contribution in [0.15, 0.2) is 48.5 Å². The Morgan fingerprint density at radius 2 is 1.85 bits per heavy atom. The predicted molar refractivity (Wildman–Crippen MR) is 87.5 cm³/mol. The minimum atomic E-state index is 0.557. The first-order chi connectivity index (χ1) is 9.69. The average Bonchev–Trinajstić information content (AvgIpc) is 2.42. The summed E-state index contributed by atoms with van der Waals surface area (Å²) in [6, 6.07) is 16.9.